The molecule has 16 heavy (non-hydrogen) atoms. The predicted octanol–water partition coefficient (Wildman–Crippen LogP) is -0.911. The Morgan fingerprint density at radius 2 is 2.06 bits per heavy atom. The van der Waals surface area contributed by atoms with E-state index in [1.54, 1.807) is 25.9 Å². The van der Waals surface area contributed by atoms with Crippen LogP contribution < -0.4 is 28.9 Å². The molecule has 0 heterocycles. The fourth-order valence-corrected chi connectivity index (χ4v) is 1.69. The maximum Gasteiger partial charge on any atom is 1.00 e. The van der Waals surface area contributed by atoms with Gasteiger partial charge in [0.25, 0.3) is 0 Å². The van der Waals surface area contributed by atoms with Gasteiger partial charge < -0.3 is 21.8 Å². The molecule has 0 spiro atoms. The van der Waals surface area contributed by atoms with E-state index in [1.807, 2.05) is 30.0 Å². The van der Waals surface area contributed by atoms with Crippen LogP contribution in [-0.2, 0) is 4.79 Å². The van der Waals surface area contributed by atoms with Crippen LogP contribution in [0.1, 0.15) is 6.42 Å². The van der Waals surface area contributed by atoms with Crippen molar-refractivity contribution in [2.75, 3.05) is 14.2 Å². The predicted molar refractivity (Wildman–Crippen MR) is 61.8 cm³/mol. The summed E-state index contributed by atoms with van der Waals surface area (Å²) in [5.74, 6) is 2.74. The van der Waals surface area contributed by atoms with Crippen molar-refractivity contribution >= 4 is 17.7 Å². The molecule has 0 fully saturated rings. The fraction of sp³-hybridized carbons (Fsp3) is 0.273. The SMILES string of the molecule is CNC(=O)C[CH-]Sc1ccc(OC)cc1.[Li+]. The first-order chi connectivity index (χ1) is 7.26. The zero-order chi connectivity index (χ0) is 11.1. The Kier molecular flexibility index (Phi) is 8.27. The van der Waals surface area contributed by atoms with Gasteiger partial charge in [0.15, 0.2) is 5.91 Å². The summed E-state index contributed by atoms with van der Waals surface area (Å²) in [4.78, 5) is 12.0. The average Bonchev–Trinajstić information content (AvgIpc) is 2.29. The second-order valence-corrected chi connectivity index (χ2v) is 3.88. The van der Waals surface area contributed by atoms with E-state index in [4.69, 9.17) is 4.74 Å². The average molecular weight is 231 g/mol. The minimum atomic E-state index is 0. The van der Waals surface area contributed by atoms with Gasteiger partial charge in [0, 0.05) is 7.05 Å². The first-order valence-electron chi connectivity index (χ1n) is 4.59. The van der Waals surface area contributed by atoms with Gasteiger partial charge in [-0.05, 0) is 29.2 Å². The van der Waals surface area contributed by atoms with E-state index in [1.165, 1.54) is 0 Å². The van der Waals surface area contributed by atoms with Crippen molar-refractivity contribution in [2.24, 2.45) is 0 Å². The molecule has 0 atom stereocenters. The third kappa shape index (κ3) is 5.50. The van der Waals surface area contributed by atoms with Gasteiger partial charge in [-0.2, -0.15) is 0 Å². The maximum atomic E-state index is 10.9. The molecule has 0 unspecified atom stereocenters. The number of thioether (sulfide) groups is 1. The summed E-state index contributed by atoms with van der Waals surface area (Å²) in [6, 6.07) is 7.72. The monoisotopic (exact) mass is 231 g/mol. The normalized spacial score (nSPS) is 9.12. The summed E-state index contributed by atoms with van der Waals surface area (Å²) in [7, 11) is 3.27. The molecule has 0 aliphatic carbocycles. The number of ether oxygens (including phenoxy) is 1. The molecule has 0 saturated carbocycles. The number of rotatable bonds is 5. The molecule has 0 aliphatic rings. The minimum absolute atomic E-state index is 0. The van der Waals surface area contributed by atoms with Crippen LogP contribution in [0.2, 0.25) is 0 Å². The van der Waals surface area contributed by atoms with E-state index >= 15 is 0 Å². The van der Waals surface area contributed by atoms with Crippen LogP contribution in [-0.4, -0.2) is 20.1 Å². The molecule has 82 valence electrons. The van der Waals surface area contributed by atoms with Gasteiger partial charge >= 0.3 is 18.9 Å². The molecule has 1 aromatic carbocycles. The summed E-state index contributed by atoms with van der Waals surface area (Å²) in [5.41, 5.74) is 0. The van der Waals surface area contributed by atoms with Crippen molar-refractivity contribution in [3.05, 3.63) is 30.0 Å². The van der Waals surface area contributed by atoms with Crippen molar-refractivity contribution in [1.82, 2.24) is 5.32 Å². The summed E-state index contributed by atoms with van der Waals surface area (Å²) in [6.45, 7) is 0. The van der Waals surface area contributed by atoms with Gasteiger partial charge in [0.1, 0.15) is 5.75 Å². The second-order valence-electron chi connectivity index (χ2n) is 2.84. The maximum absolute atomic E-state index is 10.9. The first kappa shape index (κ1) is 15.4. The van der Waals surface area contributed by atoms with Gasteiger partial charge in [-0.25, -0.2) is 0 Å². The number of benzene rings is 1. The molecule has 0 bridgehead atoms. The quantitative estimate of drug-likeness (QED) is 0.405. The molecule has 5 heteroatoms. The van der Waals surface area contributed by atoms with Crippen LogP contribution in [0.5, 0.6) is 5.75 Å². The van der Waals surface area contributed by atoms with Gasteiger partial charge in [0.2, 0.25) is 0 Å². The van der Waals surface area contributed by atoms with Crippen molar-refractivity contribution in [3.8, 4) is 5.75 Å². The molecular weight excluding hydrogens is 217 g/mol. The van der Waals surface area contributed by atoms with E-state index in [2.05, 4.69) is 5.32 Å². The Hall–Kier alpha value is -0.563. The molecular formula is C11H14LiNO2S. The zero-order valence-electron chi connectivity index (χ0n) is 9.82. The van der Waals surface area contributed by atoms with Crippen LogP contribution in [0.3, 0.4) is 0 Å². The van der Waals surface area contributed by atoms with Crippen molar-refractivity contribution in [1.29, 1.82) is 0 Å². The number of methoxy groups -OCH3 is 1. The topological polar surface area (TPSA) is 38.3 Å². The van der Waals surface area contributed by atoms with Gasteiger partial charge in [-0.1, -0.05) is 6.42 Å². The van der Waals surface area contributed by atoms with E-state index in [0.29, 0.717) is 6.42 Å². The van der Waals surface area contributed by atoms with Crippen molar-refractivity contribution in [3.63, 3.8) is 0 Å². The van der Waals surface area contributed by atoms with Crippen LogP contribution >= 0.6 is 11.8 Å². The zero-order valence-corrected chi connectivity index (χ0v) is 10.6. The van der Waals surface area contributed by atoms with Crippen LogP contribution in [0.4, 0.5) is 0 Å². The van der Waals surface area contributed by atoms with Crippen LogP contribution in [0, 0.1) is 5.75 Å². The molecule has 0 aliphatic heterocycles. The Bertz CT molecular complexity index is 316. The summed E-state index contributed by atoms with van der Waals surface area (Å²) in [5, 5.41) is 2.57. The number of amides is 1. The number of hydrogen-bond donors (Lipinski definition) is 1. The first-order valence-corrected chi connectivity index (χ1v) is 5.47. The molecule has 3 nitrogen and oxygen atoms in total. The minimum Gasteiger partial charge on any atom is -0.497 e. The van der Waals surface area contributed by atoms with Crippen LogP contribution in [0.25, 0.3) is 0 Å². The summed E-state index contributed by atoms with van der Waals surface area (Å²) in [6.07, 6.45) is 0.424. The standard InChI is InChI=1S/C11H14NO2S.Li/c1-12-11(13)7-8-15-10-5-3-9(14-2)4-6-10;/h3-6,8H,7H2,1-2H3,(H,12,13);/q-1;+1. The molecule has 0 saturated heterocycles. The fourth-order valence-electron chi connectivity index (χ4n) is 0.970. The largest absolute Gasteiger partial charge is 1.00 e. The Balaban J connectivity index is 0.00000225. The molecule has 1 rings (SSSR count). The molecule has 1 aromatic rings. The Morgan fingerprint density at radius 3 is 2.56 bits per heavy atom. The van der Waals surface area contributed by atoms with E-state index < -0.39 is 0 Å². The number of hydrogen-bond acceptors (Lipinski definition) is 3. The number of carbonyl (C=O) groups excluding carboxylic acids is 1. The van der Waals surface area contributed by atoms with Gasteiger partial charge in [0.05, 0.1) is 7.11 Å². The molecule has 1 amide bonds. The van der Waals surface area contributed by atoms with Crippen LogP contribution in [0.15, 0.2) is 29.2 Å². The van der Waals surface area contributed by atoms with Crippen molar-refractivity contribution in [2.45, 2.75) is 11.3 Å². The molecule has 0 aromatic heterocycles. The summed E-state index contributed by atoms with van der Waals surface area (Å²) < 4.78 is 5.05. The smallest absolute Gasteiger partial charge is 0.497 e. The third-order valence-corrected chi connectivity index (χ3v) is 2.70. The van der Waals surface area contributed by atoms with Gasteiger partial charge in [-0.3, -0.25) is 10.5 Å². The molecule has 1 N–H and O–H groups in total. The van der Waals surface area contributed by atoms with E-state index in [0.717, 1.165) is 10.6 Å². The van der Waals surface area contributed by atoms with Crippen molar-refractivity contribution < 1.29 is 28.4 Å². The molecule has 0 radical (unpaired) electrons. The van der Waals surface area contributed by atoms with E-state index in [-0.39, 0.29) is 24.8 Å². The Morgan fingerprint density at radius 1 is 1.44 bits per heavy atom. The third-order valence-electron chi connectivity index (χ3n) is 1.83. The number of carbonyl (C=O) groups is 1. The van der Waals surface area contributed by atoms with E-state index in [9.17, 15) is 4.79 Å². The van der Waals surface area contributed by atoms with Gasteiger partial charge in [-0.15, -0.1) is 0 Å². The number of nitrogens with one attached hydrogen (secondary N) is 1. The second kappa shape index (κ2) is 8.57. The Labute approximate surface area is 113 Å². The summed E-state index contributed by atoms with van der Waals surface area (Å²) >= 11 is 1.54.